The fraction of sp³-hybridized carbons (Fsp3) is 0.467. The lowest BCUT2D eigenvalue weighted by Gasteiger charge is -2.17. The summed E-state index contributed by atoms with van der Waals surface area (Å²) >= 11 is 0. The Morgan fingerprint density at radius 3 is 2.17 bits per heavy atom. The number of benzene rings is 1. The van der Waals surface area contributed by atoms with Crippen molar-refractivity contribution in [3.8, 4) is 0 Å². The molecule has 0 aromatic heterocycles. The van der Waals surface area contributed by atoms with Gasteiger partial charge < -0.3 is 5.32 Å². The van der Waals surface area contributed by atoms with E-state index in [4.69, 9.17) is 0 Å². The van der Waals surface area contributed by atoms with Crippen LogP contribution in [0.15, 0.2) is 18.2 Å². The molecule has 0 aliphatic rings. The number of carbonyl (C=O) groups excluding carboxylic acids is 2. The van der Waals surface area contributed by atoms with Gasteiger partial charge in [0.25, 0.3) is 0 Å². The minimum Gasteiger partial charge on any atom is -0.325 e. The van der Waals surface area contributed by atoms with Crippen LogP contribution >= 0.6 is 0 Å². The van der Waals surface area contributed by atoms with E-state index in [0.717, 1.165) is 11.3 Å². The topological polar surface area (TPSA) is 46.2 Å². The predicted molar refractivity (Wildman–Crippen MR) is 73.6 cm³/mol. The molecule has 1 amide bonds. The summed E-state index contributed by atoms with van der Waals surface area (Å²) in [4.78, 5) is 23.5. The average Bonchev–Trinajstić information content (AvgIpc) is 2.22. The Morgan fingerprint density at radius 1 is 1.11 bits per heavy atom. The van der Waals surface area contributed by atoms with Gasteiger partial charge >= 0.3 is 0 Å². The third-order valence-electron chi connectivity index (χ3n) is 3.16. The summed E-state index contributed by atoms with van der Waals surface area (Å²) in [6.07, 6.45) is 0. The maximum absolute atomic E-state index is 12.1. The van der Waals surface area contributed by atoms with Gasteiger partial charge in [-0.2, -0.15) is 0 Å². The predicted octanol–water partition coefficient (Wildman–Crippen LogP) is 3.10. The number of rotatable bonds is 4. The van der Waals surface area contributed by atoms with E-state index in [2.05, 4.69) is 5.32 Å². The zero-order chi connectivity index (χ0) is 13.9. The van der Waals surface area contributed by atoms with Gasteiger partial charge in [-0.3, -0.25) is 9.59 Å². The number of amides is 1. The number of carbonyl (C=O) groups is 2. The lowest BCUT2D eigenvalue weighted by molar-refractivity contribution is -0.131. The Balaban J connectivity index is 2.86. The molecule has 0 saturated carbocycles. The van der Waals surface area contributed by atoms with Gasteiger partial charge in [-0.15, -0.1) is 0 Å². The van der Waals surface area contributed by atoms with E-state index >= 15 is 0 Å². The molecular weight excluding hydrogens is 226 g/mol. The Hall–Kier alpha value is -1.64. The summed E-state index contributed by atoms with van der Waals surface area (Å²) < 4.78 is 0. The van der Waals surface area contributed by atoms with Gasteiger partial charge in [0, 0.05) is 5.69 Å². The minimum absolute atomic E-state index is 0.00838. The molecule has 0 bridgehead atoms. The molecule has 3 nitrogen and oxygen atoms in total. The molecule has 1 unspecified atom stereocenters. The van der Waals surface area contributed by atoms with Gasteiger partial charge in [-0.1, -0.05) is 19.9 Å². The Kier molecular flexibility index (Phi) is 4.65. The highest BCUT2D eigenvalue weighted by Crippen LogP contribution is 2.18. The van der Waals surface area contributed by atoms with Crippen LogP contribution in [0.2, 0.25) is 0 Å². The molecule has 98 valence electrons. The maximum atomic E-state index is 12.1. The van der Waals surface area contributed by atoms with Gasteiger partial charge in [0.15, 0.2) is 0 Å². The van der Waals surface area contributed by atoms with Crippen LogP contribution in [0.1, 0.15) is 31.9 Å². The number of nitrogens with one attached hydrogen (secondary N) is 1. The molecule has 0 aliphatic heterocycles. The Labute approximate surface area is 109 Å². The van der Waals surface area contributed by atoms with Crippen LogP contribution in [0.25, 0.3) is 0 Å². The standard InChI is InChI=1S/C15H21NO2/c1-9(2)14(12(5)17)15(18)16-13-7-6-10(3)11(4)8-13/h6-9,14H,1-5H3,(H,16,18). The van der Waals surface area contributed by atoms with Crippen LogP contribution in [0.5, 0.6) is 0 Å². The number of aryl methyl sites for hydroxylation is 2. The smallest absolute Gasteiger partial charge is 0.235 e. The zero-order valence-corrected chi connectivity index (χ0v) is 11.7. The third-order valence-corrected chi connectivity index (χ3v) is 3.16. The van der Waals surface area contributed by atoms with Crippen molar-refractivity contribution in [1.29, 1.82) is 0 Å². The second kappa shape index (κ2) is 5.80. The van der Waals surface area contributed by atoms with Crippen molar-refractivity contribution in [2.75, 3.05) is 5.32 Å². The first-order valence-corrected chi connectivity index (χ1v) is 6.21. The van der Waals surface area contributed by atoms with Crippen LogP contribution in [-0.4, -0.2) is 11.7 Å². The highest BCUT2D eigenvalue weighted by molar-refractivity contribution is 6.06. The van der Waals surface area contributed by atoms with E-state index in [1.54, 1.807) is 0 Å². The maximum Gasteiger partial charge on any atom is 0.235 e. The molecule has 0 fully saturated rings. The normalized spacial score (nSPS) is 12.3. The van der Waals surface area contributed by atoms with Crippen molar-refractivity contribution < 1.29 is 9.59 Å². The molecule has 1 N–H and O–H groups in total. The number of ketones is 1. The second-order valence-corrected chi connectivity index (χ2v) is 5.12. The molecule has 0 spiro atoms. The van der Waals surface area contributed by atoms with Crippen molar-refractivity contribution in [3.63, 3.8) is 0 Å². The fourth-order valence-corrected chi connectivity index (χ4v) is 2.00. The van der Waals surface area contributed by atoms with Crippen LogP contribution in [-0.2, 0) is 9.59 Å². The summed E-state index contributed by atoms with van der Waals surface area (Å²) in [6.45, 7) is 9.24. The van der Waals surface area contributed by atoms with Gasteiger partial charge in [-0.05, 0) is 49.9 Å². The van der Waals surface area contributed by atoms with Crippen molar-refractivity contribution >= 4 is 17.4 Å². The van der Waals surface area contributed by atoms with E-state index in [-0.39, 0.29) is 17.6 Å². The summed E-state index contributed by atoms with van der Waals surface area (Å²) in [5.74, 6) is -0.882. The first-order chi connectivity index (χ1) is 8.32. The molecule has 0 radical (unpaired) electrons. The SMILES string of the molecule is CC(=O)C(C(=O)Nc1ccc(C)c(C)c1)C(C)C. The van der Waals surface area contributed by atoms with Gasteiger partial charge in [0.2, 0.25) is 5.91 Å². The monoisotopic (exact) mass is 247 g/mol. The van der Waals surface area contributed by atoms with Gasteiger partial charge in [0.1, 0.15) is 5.78 Å². The Bertz CT molecular complexity index is 464. The largest absolute Gasteiger partial charge is 0.325 e. The van der Waals surface area contributed by atoms with Crippen molar-refractivity contribution in [3.05, 3.63) is 29.3 Å². The molecule has 0 saturated heterocycles. The van der Waals surface area contributed by atoms with Crippen LogP contribution in [0.4, 0.5) is 5.69 Å². The van der Waals surface area contributed by atoms with E-state index in [9.17, 15) is 9.59 Å². The fourth-order valence-electron chi connectivity index (χ4n) is 2.00. The van der Waals surface area contributed by atoms with Crippen LogP contribution in [0, 0.1) is 25.7 Å². The van der Waals surface area contributed by atoms with Crippen molar-refractivity contribution in [1.82, 2.24) is 0 Å². The molecule has 0 aliphatic carbocycles. The van der Waals surface area contributed by atoms with E-state index < -0.39 is 5.92 Å². The Morgan fingerprint density at radius 2 is 1.72 bits per heavy atom. The summed E-state index contributed by atoms with van der Waals surface area (Å²) in [6, 6.07) is 5.74. The first kappa shape index (κ1) is 14.4. The van der Waals surface area contributed by atoms with Crippen molar-refractivity contribution in [2.24, 2.45) is 11.8 Å². The summed E-state index contributed by atoms with van der Waals surface area (Å²) in [5.41, 5.74) is 3.05. The number of hydrogen-bond donors (Lipinski definition) is 1. The van der Waals surface area contributed by atoms with Gasteiger partial charge in [0.05, 0.1) is 5.92 Å². The van der Waals surface area contributed by atoms with E-state index in [1.165, 1.54) is 12.5 Å². The average molecular weight is 247 g/mol. The summed E-state index contributed by atoms with van der Waals surface area (Å²) in [7, 11) is 0. The number of anilines is 1. The van der Waals surface area contributed by atoms with Crippen LogP contribution < -0.4 is 5.32 Å². The highest BCUT2D eigenvalue weighted by Gasteiger charge is 2.26. The molecule has 0 heterocycles. The van der Waals surface area contributed by atoms with E-state index in [1.807, 2.05) is 45.9 Å². The molecule has 18 heavy (non-hydrogen) atoms. The molecule has 1 atom stereocenters. The number of Topliss-reactive ketones (excluding diaryl/α,β-unsaturated/α-hetero) is 1. The quantitative estimate of drug-likeness (QED) is 0.831. The van der Waals surface area contributed by atoms with Gasteiger partial charge in [-0.25, -0.2) is 0 Å². The highest BCUT2D eigenvalue weighted by atomic mass is 16.2. The zero-order valence-electron chi connectivity index (χ0n) is 11.7. The molecule has 3 heteroatoms. The first-order valence-electron chi connectivity index (χ1n) is 6.21. The van der Waals surface area contributed by atoms with Crippen LogP contribution in [0.3, 0.4) is 0 Å². The molecule has 1 aromatic carbocycles. The number of hydrogen-bond acceptors (Lipinski definition) is 2. The van der Waals surface area contributed by atoms with E-state index in [0.29, 0.717) is 0 Å². The molecule has 1 aromatic rings. The minimum atomic E-state index is -0.577. The third kappa shape index (κ3) is 3.42. The molecular formula is C15H21NO2. The van der Waals surface area contributed by atoms with Crippen molar-refractivity contribution in [2.45, 2.75) is 34.6 Å². The second-order valence-electron chi connectivity index (χ2n) is 5.12. The lowest BCUT2D eigenvalue weighted by Crippen LogP contribution is -2.32. The lowest BCUT2D eigenvalue weighted by atomic mass is 9.91. The summed E-state index contributed by atoms with van der Waals surface area (Å²) in [5, 5.41) is 2.81. The molecule has 1 rings (SSSR count).